The average molecular weight is 349 g/mol. The Balaban J connectivity index is 1.41. The van der Waals surface area contributed by atoms with Crippen molar-refractivity contribution in [2.45, 2.75) is 51.1 Å². The summed E-state index contributed by atoms with van der Waals surface area (Å²) in [5.74, 6) is 0. The number of rotatable bonds is 4. The first-order valence-corrected chi connectivity index (χ1v) is 10.4. The van der Waals surface area contributed by atoms with Gasteiger partial charge in [-0.2, -0.15) is 0 Å². The molecule has 2 aromatic rings. The first-order valence-electron chi connectivity index (χ1n) is 10.4. The van der Waals surface area contributed by atoms with Crippen LogP contribution in [0.4, 0.5) is 0 Å². The molecule has 4 rings (SSSR count). The molecule has 1 atom stereocenters. The third-order valence-electron chi connectivity index (χ3n) is 6.21. The molecule has 2 nitrogen and oxygen atoms in total. The Morgan fingerprint density at radius 1 is 0.731 bits per heavy atom. The maximum Gasteiger partial charge on any atom is 0.0345 e. The van der Waals surface area contributed by atoms with Crippen LogP contribution in [-0.2, 0) is 6.54 Å². The summed E-state index contributed by atoms with van der Waals surface area (Å²) in [5, 5.41) is 0. The van der Waals surface area contributed by atoms with E-state index < -0.39 is 0 Å². The number of nitrogens with zero attached hydrogens (tertiary/aromatic N) is 2. The minimum Gasteiger partial charge on any atom is -0.299 e. The molecule has 26 heavy (non-hydrogen) atoms. The van der Waals surface area contributed by atoms with E-state index in [-0.39, 0.29) is 0 Å². The largest absolute Gasteiger partial charge is 0.299 e. The van der Waals surface area contributed by atoms with Crippen molar-refractivity contribution < 1.29 is 0 Å². The van der Waals surface area contributed by atoms with Gasteiger partial charge in [-0.25, -0.2) is 0 Å². The number of likely N-dealkylation sites (tertiary alicyclic amines) is 2. The molecular weight excluding hydrogens is 316 g/mol. The molecule has 0 amide bonds. The van der Waals surface area contributed by atoms with E-state index in [0.29, 0.717) is 6.04 Å². The first kappa shape index (κ1) is 17.8. The van der Waals surface area contributed by atoms with E-state index >= 15 is 0 Å². The predicted octanol–water partition coefficient (Wildman–Crippen LogP) is 5.50. The van der Waals surface area contributed by atoms with Gasteiger partial charge in [0.15, 0.2) is 0 Å². The van der Waals surface area contributed by atoms with Crippen LogP contribution in [0.1, 0.15) is 55.7 Å². The van der Waals surface area contributed by atoms with Crippen LogP contribution in [0.15, 0.2) is 48.5 Å². The van der Waals surface area contributed by atoms with Crippen LogP contribution in [0.3, 0.4) is 0 Å². The van der Waals surface area contributed by atoms with Gasteiger partial charge in [-0.05, 0) is 74.6 Å². The summed E-state index contributed by atoms with van der Waals surface area (Å²) in [6, 6.07) is 19.1. The van der Waals surface area contributed by atoms with Crippen molar-refractivity contribution in [2.75, 3.05) is 26.7 Å². The summed E-state index contributed by atoms with van der Waals surface area (Å²) in [6.07, 6.45) is 8.15. The molecule has 2 aliphatic rings. The molecular formula is C24H32N2. The van der Waals surface area contributed by atoms with Crippen molar-refractivity contribution in [2.24, 2.45) is 0 Å². The minimum atomic E-state index is 0.611. The Labute approximate surface area is 158 Å². The Kier molecular flexibility index (Phi) is 5.72. The molecule has 2 heteroatoms. The Morgan fingerprint density at radius 3 is 1.92 bits per heavy atom. The second-order valence-corrected chi connectivity index (χ2v) is 8.15. The standard InChI is InChI=1S/C24H32N2/c1-25-16-6-7-24(25)23-14-12-22(13-15-23)21-10-8-20(9-11-21)19-26-17-4-2-3-5-18-26/h8-15,24H,2-7,16-19H2,1H3. The highest BCUT2D eigenvalue weighted by Gasteiger charge is 2.22. The summed E-state index contributed by atoms with van der Waals surface area (Å²) < 4.78 is 0. The molecule has 2 saturated heterocycles. The molecule has 0 radical (unpaired) electrons. The lowest BCUT2D eigenvalue weighted by molar-refractivity contribution is 0.277. The van der Waals surface area contributed by atoms with Crippen molar-refractivity contribution >= 4 is 0 Å². The van der Waals surface area contributed by atoms with E-state index in [1.165, 1.54) is 80.4 Å². The second kappa shape index (κ2) is 8.37. The van der Waals surface area contributed by atoms with Crippen LogP contribution >= 0.6 is 0 Å². The summed E-state index contributed by atoms with van der Waals surface area (Å²) in [4.78, 5) is 5.10. The van der Waals surface area contributed by atoms with Crippen LogP contribution < -0.4 is 0 Å². The smallest absolute Gasteiger partial charge is 0.0345 e. The lowest BCUT2D eigenvalue weighted by Gasteiger charge is -2.20. The van der Waals surface area contributed by atoms with Crippen LogP contribution in [0.25, 0.3) is 11.1 Å². The summed E-state index contributed by atoms with van der Waals surface area (Å²) in [7, 11) is 2.24. The summed E-state index contributed by atoms with van der Waals surface area (Å²) in [5.41, 5.74) is 5.57. The van der Waals surface area contributed by atoms with E-state index in [2.05, 4.69) is 65.4 Å². The Bertz CT molecular complexity index is 681. The topological polar surface area (TPSA) is 6.48 Å². The molecule has 0 aromatic heterocycles. The van der Waals surface area contributed by atoms with E-state index in [0.717, 1.165) is 6.54 Å². The zero-order valence-electron chi connectivity index (χ0n) is 16.2. The zero-order valence-corrected chi connectivity index (χ0v) is 16.2. The van der Waals surface area contributed by atoms with Gasteiger partial charge in [-0.15, -0.1) is 0 Å². The molecule has 2 fully saturated rings. The van der Waals surface area contributed by atoms with Crippen LogP contribution in [-0.4, -0.2) is 36.5 Å². The third kappa shape index (κ3) is 4.19. The maximum atomic E-state index is 2.62. The molecule has 0 aliphatic carbocycles. The fourth-order valence-corrected chi connectivity index (χ4v) is 4.58. The van der Waals surface area contributed by atoms with Crippen molar-refractivity contribution in [3.63, 3.8) is 0 Å². The lowest BCUT2D eigenvalue weighted by Crippen LogP contribution is -2.23. The predicted molar refractivity (Wildman–Crippen MR) is 110 cm³/mol. The molecule has 2 aliphatic heterocycles. The van der Waals surface area contributed by atoms with Crippen molar-refractivity contribution in [1.29, 1.82) is 0 Å². The van der Waals surface area contributed by atoms with Gasteiger partial charge in [0, 0.05) is 12.6 Å². The van der Waals surface area contributed by atoms with Crippen LogP contribution in [0.2, 0.25) is 0 Å². The average Bonchev–Trinajstić information content (AvgIpc) is 2.94. The van der Waals surface area contributed by atoms with Gasteiger partial charge < -0.3 is 0 Å². The highest BCUT2D eigenvalue weighted by Crippen LogP contribution is 2.31. The van der Waals surface area contributed by atoms with Gasteiger partial charge in [0.2, 0.25) is 0 Å². The van der Waals surface area contributed by atoms with Gasteiger partial charge in [-0.1, -0.05) is 61.4 Å². The SMILES string of the molecule is CN1CCCC1c1ccc(-c2ccc(CN3CCCCCC3)cc2)cc1. The van der Waals surface area contributed by atoms with Gasteiger partial charge in [0.1, 0.15) is 0 Å². The van der Waals surface area contributed by atoms with Gasteiger partial charge >= 0.3 is 0 Å². The second-order valence-electron chi connectivity index (χ2n) is 8.15. The van der Waals surface area contributed by atoms with E-state index in [1.54, 1.807) is 0 Å². The van der Waals surface area contributed by atoms with Crippen molar-refractivity contribution in [3.05, 3.63) is 59.7 Å². The maximum absolute atomic E-state index is 2.62. The Morgan fingerprint density at radius 2 is 1.35 bits per heavy atom. The van der Waals surface area contributed by atoms with Crippen molar-refractivity contribution in [3.8, 4) is 11.1 Å². The number of hydrogen-bond donors (Lipinski definition) is 0. The molecule has 0 bridgehead atoms. The third-order valence-corrected chi connectivity index (χ3v) is 6.21. The minimum absolute atomic E-state index is 0.611. The van der Waals surface area contributed by atoms with E-state index in [4.69, 9.17) is 0 Å². The molecule has 0 saturated carbocycles. The van der Waals surface area contributed by atoms with Gasteiger partial charge in [0.25, 0.3) is 0 Å². The Hall–Kier alpha value is -1.64. The molecule has 1 unspecified atom stereocenters. The molecule has 2 heterocycles. The quantitative estimate of drug-likeness (QED) is 0.720. The molecule has 0 N–H and O–H groups in total. The summed E-state index contributed by atoms with van der Waals surface area (Å²) in [6.45, 7) is 4.86. The van der Waals surface area contributed by atoms with Crippen LogP contribution in [0.5, 0.6) is 0 Å². The fraction of sp³-hybridized carbons (Fsp3) is 0.500. The van der Waals surface area contributed by atoms with E-state index in [1.807, 2.05) is 0 Å². The fourth-order valence-electron chi connectivity index (χ4n) is 4.58. The number of hydrogen-bond acceptors (Lipinski definition) is 2. The normalized spacial score (nSPS) is 22.4. The molecule has 0 spiro atoms. The summed E-state index contributed by atoms with van der Waals surface area (Å²) >= 11 is 0. The lowest BCUT2D eigenvalue weighted by atomic mass is 9.99. The zero-order chi connectivity index (χ0) is 17.8. The monoisotopic (exact) mass is 348 g/mol. The number of benzene rings is 2. The van der Waals surface area contributed by atoms with Gasteiger partial charge in [0.05, 0.1) is 0 Å². The molecule has 2 aromatic carbocycles. The first-order chi connectivity index (χ1) is 12.8. The molecule has 138 valence electrons. The van der Waals surface area contributed by atoms with Crippen molar-refractivity contribution in [1.82, 2.24) is 9.80 Å². The highest BCUT2D eigenvalue weighted by molar-refractivity contribution is 5.64. The van der Waals surface area contributed by atoms with E-state index in [9.17, 15) is 0 Å². The highest BCUT2D eigenvalue weighted by atomic mass is 15.1. The van der Waals surface area contributed by atoms with Gasteiger partial charge in [-0.3, -0.25) is 9.80 Å². The van der Waals surface area contributed by atoms with Crippen LogP contribution in [0, 0.1) is 0 Å².